The number of carbonyl (C=O) groups is 1. The van der Waals surface area contributed by atoms with E-state index in [-0.39, 0.29) is 24.2 Å². The molecule has 1 aromatic carbocycles. The molecule has 1 aliphatic rings. The third kappa shape index (κ3) is 4.37. The van der Waals surface area contributed by atoms with Gasteiger partial charge in [-0.15, -0.1) is 0 Å². The Morgan fingerprint density at radius 3 is 2.64 bits per heavy atom. The summed E-state index contributed by atoms with van der Waals surface area (Å²) in [6.07, 6.45) is 2.96. The molecule has 1 fully saturated rings. The highest BCUT2D eigenvalue weighted by Crippen LogP contribution is 2.26. The number of methoxy groups -OCH3 is 1. The van der Waals surface area contributed by atoms with E-state index < -0.39 is 0 Å². The summed E-state index contributed by atoms with van der Waals surface area (Å²) in [6.45, 7) is 3.96. The molecule has 1 atom stereocenters. The number of hydrogen-bond acceptors (Lipinski definition) is 3. The van der Waals surface area contributed by atoms with Crippen LogP contribution in [0.1, 0.15) is 49.8 Å². The van der Waals surface area contributed by atoms with E-state index in [9.17, 15) is 9.90 Å². The van der Waals surface area contributed by atoms with Crippen molar-refractivity contribution in [1.82, 2.24) is 10.6 Å². The summed E-state index contributed by atoms with van der Waals surface area (Å²) in [5, 5.41) is 15.5. The summed E-state index contributed by atoms with van der Waals surface area (Å²) in [6, 6.07) is 5.78. The van der Waals surface area contributed by atoms with Gasteiger partial charge in [0, 0.05) is 11.6 Å². The first-order valence-corrected chi connectivity index (χ1v) is 7.89. The van der Waals surface area contributed by atoms with Gasteiger partial charge in [0.2, 0.25) is 0 Å². The van der Waals surface area contributed by atoms with Crippen LogP contribution in [0, 0.1) is 6.92 Å². The Labute approximate surface area is 132 Å². The molecular formula is C17H26N2O3. The standard InChI is InChI=1S/C17H26N2O3/c1-11-4-9-16(22-3)15(10-11)12(2)18-17(21)19-13-5-7-14(20)8-6-13/h4,9-10,12-14,20H,5-8H2,1-3H3,(H2,18,19,21). The predicted molar refractivity (Wildman–Crippen MR) is 86.1 cm³/mol. The number of hydrogen-bond donors (Lipinski definition) is 3. The van der Waals surface area contributed by atoms with Gasteiger partial charge in [0.25, 0.3) is 0 Å². The molecule has 5 nitrogen and oxygen atoms in total. The highest BCUT2D eigenvalue weighted by molar-refractivity contribution is 5.75. The van der Waals surface area contributed by atoms with Crippen LogP contribution in [0.25, 0.3) is 0 Å². The molecule has 22 heavy (non-hydrogen) atoms. The lowest BCUT2D eigenvalue weighted by Crippen LogP contribution is -2.44. The van der Waals surface area contributed by atoms with E-state index in [0.29, 0.717) is 0 Å². The topological polar surface area (TPSA) is 70.6 Å². The van der Waals surface area contributed by atoms with Crippen molar-refractivity contribution in [3.05, 3.63) is 29.3 Å². The maximum Gasteiger partial charge on any atom is 0.315 e. The fourth-order valence-electron chi connectivity index (χ4n) is 2.91. The van der Waals surface area contributed by atoms with Crippen molar-refractivity contribution in [2.45, 2.75) is 57.7 Å². The molecule has 0 aliphatic heterocycles. The van der Waals surface area contributed by atoms with E-state index in [1.54, 1.807) is 7.11 Å². The smallest absolute Gasteiger partial charge is 0.315 e. The zero-order valence-corrected chi connectivity index (χ0v) is 13.6. The Bertz CT molecular complexity index is 511. The van der Waals surface area contributed by atoms with Gasteiger partial charge in [-0.2, -0.15) is 0 Å². The van der Waals surface area contributed by atoms with Gasteiger partial charge in [-0.3, -0.25) is 0 Å². The second kappa shape index (κ2) is 7.49. The van der Waals surface area contributed by atoms with E-state index in [1.165, 1.54) is 0 Å². The highest BCUT2D eigenvalue weighted by atomic mass is 16.5. The number of aryl methyl sites for hydroxylation is 1. The van der Waals surface area contributed by atoms with Crippen LogP contribution in [0.4, 0.5) is 4.79 Å². The Morgan fingerprint density at radius 1 is 1.32 bits per heavy atom. The van der Waals surface area contributed by atoms with Crippen molar-refractivity contribution in [3.8, 4) is 5.75 Å². The lowest BCUT2D eigenvalue weighted by atomic mass is 9.93. The number of aliphatic hydroxyl groups excluding tert-OH is 1. The summed E-state index contributed by atoms with van der Waals surface area (Å²) in [5.74, 6) is 0.777. The molecule has 1 aromatic rings. The fourth-order valence-corrected chi connectivity index (χ4v) is 2.91. The summed E-state index contributed by atoms with van der Waals surface area (Å²) >= 11 is 0. The molecule has 0 radical (unpaired) electrons. The zero-order chi connectivity index (χ0) is 16.1. The molecular weight excluding hydrogens is 280 g/mol. The second-order valence-corrected chi connectivity index (χ2v) is 6.09. The van der Waals surface area contributed by atoms with E-state index in [2.05, 4.69) is 10.6 Å². The largest absolute Gasteiger partial charge is 0.496 e. The van der Waals surface area contributed by atoms with Crippen LogP contribution in [0.5, 0.6) is 5.75 Å². The summed E-state index contributed by atoms with van der Waals surface area (Å²) in [7, 11) is 1.63. The minimum Gasteiger partial charge on any atom is -0.496 e. The highest BCUT2D eigenvalue weighted by Gasteiger charge is 2.22. The van der Waals surface area contributed by atoms with E-state index in [0.717, 1.165) is 42.6 Å². The molecule has 1 saturated carbocycles. The zero-order valence-electron chi connectivity index (χ0n) is 13.6. The van der Waals surface area contributed by atoms with Gasteiger partial charge in [0.15, 0.2) is 0 Å². The van der Waals surface area contributed by atoms with E-state index in [4.69, 9.17) is 4.74 Å². The molecule has 1 unspecified atom stereocenters. The Morgan fingerprint density at radius 2 is 2.00 bits per heavy atom. The van der Waals surface area contributed by atoms with Crippen molar-refractivity contribution in [1.29, 1.82) is 0 Å². The fraction of sp³-hybridized carbons (Fsp3) is 0.588. The molecule has 0 spiro atoms. The average molecular weight is 306 g/mol. The molecule has 2 amide bonds. The summed E-state index contributed by atoms with van der Waals surface area (Å²) < 4.78 is 5.37. The Hall–Kier alpha value is -1.75. The van der Waals surface area contributed by atoms with Crippen LogP contribution in [0.15, 0.2) is 18.2 Å². The number of benzene rings is 1. The van der Waals surface area contributed by atoms with E-state index in [1.807, 2.05) is 32.0 Å². The quantitative estimate of drug-likeness (QED) is 0.801. The normalized spacial score (nSPS) is 22.7. The third-order valence-electron chi connectivity index (χ3n) is 4.23. The van der Waals surface area contributed by atoms with Gasteiger partial charge < -0.3 is 20.5 Å². The van der Waals surface area contributed by atoms with Crippen molar-refractivity contribution < 1.29 is 14.6 Å². The predicted octanol–water partition coefficient (Wildman–Crippen LogP) is 2.67. The van der Waals surface area contributed by atoms with Gasteiger partial charge in [-0.1, -0.05) is 17.7 Å². The van der Waals surface area contributed by atoms with Gasteiger partial charge in [0.05, 0.1) is 19.3 Å². The number of rotatable bonds is 4. The van der Waals surface area contributed by atoms with Crippen LogP contribution in [-0.4, -0.2) is 30.4 Å². The first-order chi connectivity index (χ1) is 10.5. The molecule has 0 bridgehead atoms. The number of amides is 2. The first kappa shape index (κ1) is 16.6. The van der Waals surface area contributed by atoms with Crippen molar-refractivity contribution in [3.63, 3.8) is 0 Å². The molecule has 3 N–H and O–H groups in total. The lowest BCUT2D eigenvalue weighted by molar-refractivity contribution is 0.117. The summed E-state index contributed by atoms with van der Waals surface area (Å²) in [5.41, 5.74) is 2.10. The monoisotopic (exact) mass is 306 g/mol. The van der Waals surface area contributed by atoms with E-state index >= 15 is 0 Å². The molecule has 0 heterocycles. The van der Waals surface area contributed by atoms with Crippen molar-refractivity contribution in [2.75, 3.05) is 7.11 Å². The van der Waals surface area contributed by atoms with Gasteiger partial charge in [-0.25, -0.2) is 4.79 Å². The Balaban J connectivity index is 1.92. The molecule has 0 aromatic heterocycles. The van der Waals surface area contributed by atoms with Crippen LogP contribution in [-0.2, 0) is 0 Å². The number of urea groups is 1. The minimum atomic E-state index is -0.211. The number of carbonyl (C=O) groups excluding carboxylic acids is 1. The average Bonchev–Trinajstić information content (AvgIpc) is 2.49. The minimum absolute atomic E-state index is 0.135. The second-order valence-electron chi connectivity index (χ2n) is 6.09. The lowest BCUT2D eigenvalue weighted by Gasteiger charge is -2.27. The maximum absolute atomic E-state index is 12.1. The van der Waals surface area contributed by atoms with Crippen LogP contribution >= 0.6 is 0 Å². The number of nitrogens with one attached hydrogen (secondary N) is 2. The van der Waals surface area contributed by atoms with Crippen LogP contribution in [0.2, 0.25) is 0 Å². The Kier molecular flexibility index (Phi) is 5.66. The maximum atomic E-state index is 12.1. The molecule has 1 aliphatic carbocycles. The third-order valence-corrected chi connectivity index (χ3v) is 4.23. The first-order valence-electron chi connectivity index (χ1n) is 7.89. The molecule has 122 valence electrons. The van der Waals surface area contributed by atoms with Gasteiger partial charge in [0.1, 0.15) is 5.75 Å². The SMILES string of the molecule is COc1ccc(C)cc1C(C)NC(=O)NC1CCC(O)CC1. The van der Waals surface area contributed by atoms with Gasteiger partial charge in [-0.05, 0) is 45.6 Å². The van der Waals surface area contributed by atoms with Gasteiger partial charge >= 0.3 is 6.03 Å². The van der Waals surface area contributed by atoms with Crippen molar-refractivity contribution in [2.24, 2.45) is 0 Å². The molecule has 2 rings (SSSR count). The molecule has 0 saturated heterocycles. The van der Waals surface area contributed by atoms with Crippen molar-refractivity contribution >= 4 is 6.03 Å². The summed E-state index contributed by atoms with van der Waals surface area (Å²) in [4.78, 5) is 12.1. The van der Waals surface area contributed by atoms with Crippen LogP contribution in [0.3, 0.4) is 0 Å². The number of ether oxygens (including phenoxy) is 1. The number of aliphatic hydroxyl groups is 1. The molecule has 5 heteroatoms. The van der Waals surface area contributed by atoms with Crippen LogP contribution < -0.4 is 15.4 Å².